The van der Waals surface area contributed by atoms with E-state index in [1.807, 2.05) is 32.0 Å². The van der Waals surface area contributed by atoms with E-state index in [9.17, 15) is 0 Å². The number of benzene rings is 2. The third kappa shape index (κ3) is 2.61. The Labute approximate surface area is 110 Å². The summed E-state index contributed by atoms with van der Waals surface area (Å²) in [5.74, 6) is 0.833. The topological polar surface area (TPSA) is 35.2 Å². The number of fused-ring (bicyclic) bond motifs is 1. The average molecular weight is 294 g/mol. The lowest BCUT2D eigenvalue weighted by molar-refractivity contribution is 0.118. The molecular weight excluding hydrogens is 278 g/mol. The second kappa shape index (κ2) is 4.67. The van der Waals surface area contributed by atoms with Crippen molar-refractivity contribution in [2.24, 2.45) is 5.73 Å². The van der Waals surface area contributed by atoms with E-state index in [1.165, 1.54) is 5.39 Å². The molecule has 90 valence electrons. The molecule has 2 aromatic rings. The first-order chi connectivity index (χ1) is 8.03. The van der Waals surface area contributed by atoms with Crippen LogP contribution < -0.4 is 10.5 Å². The van der Waals surface area contributed by atoms with Crippen LogP contribution in [0.1, 0.15) is 13.8 Å². The number of nitrogens with two attached hydrogens (primary N) is 1. The van der Waals surface area contributed by atoms with Gasteiger partial charge in [0.05, 0.1) is 4.47 Å². The number of ether oxygens (including phenoxy) is 1. The Hall–Kier alpha value is -1.06. The largest absolute Gasteiger partial charge is 0.485 e. The first-order valence-corrected chi connectivity index (χ1v) is 6.39. The number of hydrogen-bond donors (Lipinski definition) is 1. The van der Waals surface area contributed by atoms with Crippen molar-refractivity contribution in [1.29, 1.82) is 0 Å². The molecule has 0 aliphatic heterocycles. The standard InChI is InChI=1S/C14H16BrNO/c1-14(2,9-16)17-12-8-7-10-5-3-4-6-11(10)13(12)15/h3-8H,9,16H2,1-2H3. The van der Waals surface area contributed by atoms with Gasteiger partial charge < -0.3 is 10.5 Å². The van der Waals surface area contributed by atoms with Gasteiger partial charge in [-0.2, -0.15) is 0 Å². The van der Waals surface area contributed by atoms with Crippen molar-refractivity contribution in [3.63, 3.8) is 0 Å². The maximum atomic E-state index is 5.92. The van der Waals surface area contributed by atoms with Crippen molar-refractivity contribution < 1.29 is 4.74 Å². The summed E-state index contributed by atoms with van der Waals surface area (Å²) in [6, 6.07) is 12.2. The zero-order valence-electron chi connectivity index (χ0n) is 10.0. The lowest BCUT2D eigenvalue weighted by atomic mass is 10.1. The maximum absolute atomic E-state index is 5.92. The predicted octanol–water partition coefficient (Wildman–Crippen LogP) is 3.72. The van der Waals surface area contributed by atoms with Crippen LogP contribution in [-0.2, 0) is 0 Å². The summed E-state index contributed by atoms with van der Waals surface area (Å²) < 4.78 is 6.90. The molecule has 2 rings (SSSR count). The minimum atomic E-state index is -0.356. The molecule has 0 aliphatic carbocycles. The molecule has 0 unspecified atom stereocenters. The molecule has 0 atom stereocenters. The predicted molar refractivity (Wildman–Crippen MR) is 75.4 cm³/mol. The van der Waals surface area contributed by atoms with Gasteiger partial charge in [-0.25, -0.2) is 0 Å². The summed E-state index contributed by atoms with van der Waals surface area (Å²) in [5, 5.41) is 2.34. The fourth-order valence-electron chi connectivity index (χ4n) is 1.63. The Kier molecular flexibility index (Phi) is 3.40. The van der Waals surface area contributed by atoms with E-state index in [-0.39, 0.29) is 5.60 Å². The first-order valence-electron chi connectivity index (χ1n) is 5.60. The van der Waals surface area contributed by atoms with E-state index in [1.54, 1.807) is 0 Å². The molecular formula is C14H16BrNO. The van der Waals surface area contributed by atoms with Crippen molar-refractivity contribution in [2.75, 3.05) is 6.54 Å². The zero-order valence-corrected chi connectivity index (χ0v) is 11.6. The van der Waals surface area contributed by atoms with Crippen LogP contribution >= 0.6 is 15.9 Å². The molecule has 0 heterocycles. The Morgan fingerprint density at radius 1 is 1.18 bits per heavy atom. The van der Waals surface area contributed by atoms with Crippen LogP contribution in [0.5, 0.6) is 5.75 Å². The zero-order chi connectivity index (χ0) is 12.5. The monoisotopic (exact) mass is 293 g/mol. The molecule has 0 aromatic heterocycles. The minimum absolute atomic E-state index is 0.356. The fraction of sp³-hybridized carbons (Fsp3) is 0.286. The van der Waals surface area contributed by atoms with Gasteiger partial charge in [0.15, 0.2) is 0 Å². The van der Waals surface area contributed by atoms with Gasteiger partial charge in [-0.05, 0) is 46.6 Å². The summed E-state index contributed by atoms with van der Waals surface area (Å²) in [4.78, 5) is 0. The van der Waals surface area contributed by atoms with Crippen molar-refractivity contribution >= 4 is 26.7 Å². The van der Waals surface area contributed by atoms with Gasteiger partial charge in [0.1, 0.15) is 11.4 Å². The minimum Gasteiger partial charge on any atom is -0.485 e. The van der Waals surface area contributed by atoms with E-state index in [4.69, 9.17) is 10.5 Å². The molecule has 2 aromatic carbocycles. The van der Waals surface area contributed by atoms with Gasteiger partial charge in [-0.3, -0.25) is 0 Å². The molecule has 17 heavy (non-hydrogen) atoms. The maximum Gasteiger partial charge on any atom is 0.135 e. The van der Waals surface area contributed by atoms with E-state index in [2.05, 4.69) is 34.1 Å². The van der Waals surface area contributed by atoms with Crippen LogP contribution in [0.4, 0.5) is 0 Å². The lowest BCUT2D eigenvalue weighted by Gasteiger charge is -2.25. The molecule has 0 radical (unpaired) electrons. The van der Waals surface area contributed by atoms with Crippen LogP contribution in [-0.4, -0.2) is 12.1 Å². The first kappa shape index (κ1) is 12.4. The Bertz CT molecular complexity index is 537. The molecule has 3 heteroatoms. The lowest BCUT2D eigenvalue weighted by Crippen LogP contribution is -2.37. The van der Waals surface area contributed by atoms with E-state index >= 15 is 0 Å². The molecule has 0 bridgehead atoms. The highest BCUT2D eigenvalue weighted by Gasteiger charge is 2.19. The molecule has 0 saturated carbocycles. The van der Waals surface area contributed by atoms with Crippen molar-refractivity contribution in [3.8, 4) is 5.75 Å². The Balaban J connectivity index is 2.46. The number of rotatable bonds is 3. The molecule has 0 saturated heterocycles. The summed E-state index contributed by atoms with van der Waals surface area (Å²) in [7, 11) is 0. The van der Waals surface area contributed by atoms with Crippen LogP contribution in [0.15, 0.2) is 40.9 Å². The SMILES string of the molecule is CC(C)(CN)Oc1ccc2ccccc2c1Br. The summed E-state index contributed by atoms with van der Waals surface area (Å²) in [5.41, 5.74) is 5.32. The average Bonchev–Trinajstić information content (AvgIpc) is 2.33. The van der Waals surface area contributed by atoms with Crippen molar-refractivity contribution in [3.05, 3.63) is 40.9 Å². The quantitative estimate of drug-likeness (QED) is 0.936. The second-order valence-electron chi connectivity index (χ2n) is 4.66. The van der Waals surface area contributed by atoms with E-state index in [0.717, 1.165) is 15.6 Å². The normalized spacial score (nSPS) is 11.8. The third-order valence-corrected chi connectivity index (χ3v) is 3.52. The van der Waals surface area contributed by atoms with Gasteiger partial charge in [-0.15, -0.1) is 0 Å². The summed E-state index contributed by atoms with van der Waals surface area (Å²) in [6.07, 6.45) is 0. The smallest absolute Gasteiger partial charge is 0.135 e. The number of hydrogen-bond acceptors (Lipinski definition) is 2. The fourth-order valence-corrected chi connectivity index (χ4v) is 2.21. The Morgan fingerprint density at radius 2 is 1.88 bits per heavy atom. The Morgan fingerprint density at radius 3 is 2.59 bits per heavy atom. The summed E-state index contributed by atoms with van der Waals surface area (Å²) >= 11 is 3.60. The highest BCUT2D eigenvalue weighted by molar-refractivity contribution is 9.10. The highest BCUT2D eigenvalue weighted by Crippen LogP contribution is 2.34. The van der Waals surface area contributed by atoms with Gasteiger partial charge >= 0.3 is 0 Å². The van der Waals surface area contributed by atoms with Crippen molar-refractivity contribution in [2.45, 2.75) is 19.4 Å². The van der Waals surface area contributed by atoms with Crippen molar-refractivity contribution in [1.82, 2.24) is 0 Å². The van der Waals surface area contributed by atoms with Crippen LogP contribution in [0, 0.1) is 0 Å². The van der Waals surface area contributed by atoms with Gasteiger partial charge in [0.2, 0.25) is 0 Å². The molecule has 0 aliphatic rings. The molecule has 2 N–H and O–H groups in total. The third-order valence-electron chi connectivity index (χ3n) is 2.71. The van der Waals surface area contributed by atoms with Gasteiger partial charge in [0.25, 0.3) is 0 Å². The van der Waals surface area contributed by atoms with E-state index < -0.39 is 0 Å². The molecule has 2 nitrogen and oxygen atoms in total. The number of halogens is 1. The molecule has 0 amide bonds. The van der Waals surface area contributed by atoms with E-state index in [0.29, 0.717) is 6.54 Å². The van der Waals surface area contributed by atoms with Gasteiger partial charge in [0, 0.05) is 6.54 Å². The van der Waals surface area contributed by atoms with Crippen LogP contribution in [0.2, 0.25) is 0 Å². The second-order valence-corrected chi connectivity index (χ2v) is 5.46. The summed E-state index contributed by atoms with van der Waals surface area (Å²) in [6.45, 7) is 4.44. The van der Waals surface area contributed by atoms with Gasteiger partial charge in [-0.1, -0.05) is 30.3 Å². The highest BCUT2D eigenvalue weighted by atomic mass is 79.9. The van der Waals surface area contributed by atoms with Crippen LogP contribution in [0.25, 0.3) is 10.8 Å². The molecule has 0 fully saturated rings. The molecule has 0 spiro atoms. The van der Waals surface area contributed by atoms with Crippen LogP contribution in [0.3, 0.4) is 0 Å².